The first kappa shape index (κ1) is 16.8. The van der Waals surface area contributed by atoms with Crippen molar-refractivity contribution in [2.45, 2.75) is 25.9 Å². The standard InChI is InChI=1S/C20H23N3O3/c1-14-2-5-17-15(12-14)3-6-18(26-17)20(24)22-16-4-7-19(21-13-16)23-8-10-25-11-9-23/h2,4-5,7,12-13,18H,3,6,8-11H2,1H3,(H,22,24). The van der Waals surface area contributed by atoms with Crippen molar-refractivity contribution in [3.05, 3.63) is 47.7 Å². The van der Waals surface area contributed by atoms with Crippen molar-refractivity contribution in [2.24, 2.45) is 0 Å². The predicted molar refractivity (Wildman–Crippen MR) is 99.8 cm³/mol. The van der Waals surface area contributed by atoms with Gasteiger partial charge in [0.05, 0.1) is 25.1 Å². The molecule has 1 saturated heterocycles. The molecule has 1 N–H and O–H groups in total. The number of ether oxygens (including phenoxy) is 2. The Bertz CT molecular complexity index is 785. The minimum atomic E-state index is -0.468. The van der Waals surface area contributed by atoms with Gasteiger partial charge in [-0.2, -0.15) is 0 Å². The van der Waals surface area contributed by atoms with E-state index in [9.17, 15) is 4.79 Å². The molecule has 2 aliphatic heterocycles. The molecule has 6 nitrogen and oxygen atoms in total. The zero-order valence-corrected chi connectivity index (χ0v) is 14.9. The van der Waals surface area contributed by atoms with Gasteiger partial charge in [-0.3, -0.25) is 4.79 Å². The van der Waals surface area contributed by atoms with Crippen molar-refractivity contribution in [1.29, 1.82) is 0 Å². The normalized spacial score (nSPS) is 19.4. The van der Waals surface area contributed by atoms with Crippen LogP contribution in [0.25, 0.3) is 0 Å². The topological polar surface area (TPSA) is 63.7 Å². The Kier molecular flexibility index (Phi) is 4.75. The average molecular weight is 353 g/mol. The first-order chi connectivity index (χ1) is 12.7. The van der Waals surface area contributed by atoms with Gasteiger partial charge in [-0.1, -0.05) is 17.7 Å². The number of carbonyl (C=O) groups is 1. The summed E-state index contributed by atoms with van der Waals surface area (Å²) in [6, 6.07) is 9.89. The van der Waals surface area contributed by atoms with Gasteiger partial charge < -0.3 is 19.7 Å². The summed E-state index contributed by atoms with van der Waals surface area (Å²) in [5.41, 5.74) is 3.07. The first-order valence-electron chi connectivity index (χ1n) is 9.05. The fraction of sp³-hybridized carbons (Fsp3) is 0.400. The summed E-state index contributed by atoms with van der Waals surface area (Å²) in [6.45, 7) is 5.19. The summed E-state index contributed by atoms with van der Waals surface area (Å²) >= 11 is 0. The third kappa shape index (κ3) is 3.65. The zero-order valence-electron chi connectivity index (χ0n) is 14.9. The van der Waals surface area contributed by atoms with Crippen LogP contribution in [0.4, 0.5) is 11.5 Å². The summed E-state index contributed by atoms with van der Waals surface area (Å²) in [4.78, 5) is 19.2. The molecule has 3 heterocycles. The van der Waals surface area contributed by atoms with Crippen LogP contribution in [0.1, 0.15) is 17.5 Å². The molecule has 1 amide bonds. The van der Waals surface area contributed by atoms with Gasteiger partial charge in [-0.05, 0) is 43.5 Å². The molecule has 1 aromatic carbocycles. The largest absolute Gasteiger partial charge is 0.480 e. The van der Waals surface area contributed by atoms with E-state index >= 15 is 0 Å². The number of pyridine rings is 1. The first-order valence-corrected chi connectivity index (χ1v) is 9.05. The maximum atomic E-state index is 12.5. The van der Waals surface area contributed by atoms with Crippen molar-refractivity contribution < 1.29 is 14.3 Å². The molecule has 26 heavy (non-hydrogen) atoms. The molecular weight excluding hydrogens is 330 g/mol. The number of amides is 1. The van der Waals surface area contributed by atoms with E-state index in [0.717, 1.165) is 44.3 Å². The summed E-state index contributed by atoms with van der Waals surface area (Å²) in [5.74, 6) is 1.59. The number of anilines is 2. The summed E-state index contributed by atoms with van der Waals surface area (Å²) in [6.07, 6.45) is 2.76. The van der Waals surface area contributed by atoms with Gasteiger partial charge in [0.25, 0.3) is 5.91 Å². The highest BCUT2D eigenvalue weighted by Crippen LogP contribution is 2.29. The number of hydrogen-bond acceptors (Lipinski definition) is 5. The lowest BCUT2D eigenvalue weighted by Crippen LogP contribution is -2.37. The predicted octanol–water partition coefficient (Wildman–Crippen LogP) is 2.56. The molecule has 136 valence electrons. The lowest BCUT2D eigenvalue weighted by molar-refractivity contribution is -0.123. The maximum absolute atomic E-state index is 12.5. The van der Waals surface area contributed by atoms with Crippen molar-refractivity contribution in [3.8, 4) is 5.75 Å². The van der Waals surface area contributed by atoms with Crippen LogP contribution in [0.15, 0.2) is 36.5 Å². The van der Waals surface area contributed by atoms with E-state index in [1.54, 1.807) is 6.20 Å². The van der Waals surface area contributed by atoms with Crippen molar-refractivity contribution in [3.63, 3.8) is 0 Å². The second kappa shape index (κ2) is 7.33. The van der Waals surface area contributed by atoms with Gasteiger partial charge in [-0.25, -0.2) is 4.98 Å². The molecule has 2 aromatic rings. The zero-order chi connectivity index (χ0) is 17.9. The molecule has 0 spiro atoms. The van der Waals surface area contributed by atoms with E-state index in [4.69, 9.17) is 9.47 Å². The summed E-state index contributed by atoms with van der Waals surface area (Å²) < 4.78 is 11.2. The van der Waals surface area contributed by atoms with Gasteiger partial charge >= 0.3 is 0 Å². The number of morpholine rings is 1. The summed E-state index contributed by atoms with van der Waals surface area (Å²) in [7, 11) is 0. The van der Waals surface area contributed by atoms with Gasteiger partial charge in [0.2, 0.25) is 0 Å². The molecule has 1 aromatic heterocycles. The van der Waals surface area contributed by atoms with E-state index in [-0.39, 0.29) is 5.91 Å². The third-order valence-corrected chi connectivity index (χ3v) is 4.80. The molecule has 6 heteroatoms. The molecule has 1 atom stereocenters. The number of fused-ring (bicyclic) bond motifs is 1. The van der Waals surface area contributed by atoms with Crippen molar-refractivity contribution >= 4 is 17.4 Å². The van der Waals surface area contributed by atoms with E-state index < -0.39 is 6.10 Å². The number of hydrogen-bond donors (Lipinski definition) is 1. The van der Waals surface area contributed by atoms with E-state index in [1.807, 2.05) is 24.3 Å². The number of nitrogens with zero attached hydrogens (tertiary/aromatic N) is 2. The number of benzene rings is 1. The molecule has 0 aliphatic carbocycles. The van der Waals surface area contributed by atoms with Crippen LogP contribution in [0.5, 0.6) is 5.75 Å². The molecule has 1 fully saturated rings. The number of aryl methyl sites for hydroxylation is 2. The van der Waals surface area contributed by atoms with E-state index in [2.05, 4.69) is 28.2 Å². The van der Waals surface area contributed by atoms with Gasteiger partial charge in [0.15, 0.2) is 6.10 Å². The lowest BCUT2D eigenvalue weighted by atomic mass is 10.00. The third-order valence-electron chi connectivity index (χ3n) is 4.80. The second-order valence-electron chi connectivity index (χ2n) is 6.75. The van der Waals surface area contributed by atoms with Gasteiger partial charge in [-0.15, -0.1) is 0 Å². The molecule has 2 aliphatic rings. The highest BCUT2D eigenvalue weighted by Gasteiger charge is 2.26. The Morgan fingerprint density at radius 2 is 2.08 bits per heavy atom. The monoisotopic (exact) mass is 353 g/mol. The molecule has 0 radical (unpaired) electrons. The Morgan fingerprint density at radius 3 is 2.85 bits per heavy atom. The number of carbonyl (C=O) groups excluding carboxylic acids is 1. The minimum Gasteiger partial charge on any atom is -0.480 e. The number of nitrogens with one attached hydrogen (secondary N) is 1. The van der Waals surface area contributed by atoms with Gasteiger partial charge in [0.1, 0.15) is 11.6 Å². The van der Waals surface area contributed by atoms with Crippen molar-refractivity contribution in [1.82, 2.24) is 4.98 Å². The molecular formula is C20H23N3O3. The highest BCUT2D eigenvalue weighted by atomic mass is 16.5. The fourth-order valence-electron chi connectivity index (χ4n) is 3.36. The van der Waals surface area contributed by atoms with Crippen LogP contribution in [-0.2, 0) is 16.0 Å². The second-order valence-corrected chi connectivity index (χ2v) is 6.75. The lowest BCUT2D eigenvalue weighted by Gasteiger charge is -2.28. The Hall–Kier alpha value is -2.60. The quantitative estimate of drug-likeness (QED) is 0.919. The Morgan fingerprint density at radius 1 is 1.23 bits per heavy atom. The van der Waals surface area contributed by atoms with E-state index in [0.29, 0.717) is 12.1 Å². The summed E-state index contributed by atoms with van der Waals surface area (Å²) in [5, 5.41) is 2.91. The van der Waals surface area contributed by atoms with E-state index in [1.165, 1.54) is 11.1 Å². The average Bonchev–Trinajstić information content (AvgIpc) is 2.69. The van der Waals surface area contributed by atoms with Crippen LogP contribution >= 0.6 is 0 Å². The maximum Gasteiger partial charge on any atom is 0.265 e. The van der Waals surface area contributed by atoms with Crippen LogP contribution in [0.2, 0.25) is 0 Å². The smallest absolute Gasteiger partial charge is 0.265 e. The molecule has 4 rings (SSSR count). The molecule has 1 unspecified atom stereocenters. The Labute approximate surface area is 153 Å². The fourth-order valence-corrected chi connectivity index (χ4v) is 3.36. The Balaban J connectivity index is 1.38. The minimum absolute atomic E-state index is 0.128. The van der Waals surface area contributed by atoms with Crippen LogP contribution < -0.4 is 15.0 Å². The highest BCUT2D eigenvalue weighted by molar-refractivity contribution is 5.94. The number of rotatable bonds is 3. The van der Waals surface area contributed by atoms with Gasteiger partial charge in [0, 0.05) is 13.1 Å². The van der Waals surface area contributed by atoms with Crippen LogP contribution in [0.3, 0.4) is 0 Å². The number of aromatic nitrogens is 1. The molecule has 0 saturated carbocycles. The molecule has 0 bridgehead atoms. The van der Waals surface area contributed by atoms with Crippen molar-refractivity contribution in [2.75, 3.05) is 36.5 Å². The van der Waals surface area contributed by atoms with Crippen LogP contribution in [-0.4, -0.2) is 43.3 Å². The van der Waals surface area contributed by atoms with Crippen LogP contribution in [0, 0.1) is 6.92 Å². The SMILES string of the molecule is Cc1ccc2c(c1)CCC(C(=O)Nc1ccc(N3CCOCC3)nc1)O2.